The van der Waals surface area contributed by atoms with Crippen molar-refractivity contribution < 1.29 is 17.9 Å². The van der Waals surface area contributed by atoms with Crippen molar-refractivity contribution in [3.8, 4) is 5.75 Å². The Hall–Kier alpha value is -3.34. The maximum absolute atomic E-state index is 13.8. The number of para-hydroxylation sites is 1. The summed E-state index contributed by atoms with van der Waals surface area (Å²) in [7, 11) is -3.61. The molecule has 2 aromatic heterocycles. The van der Waals surface area contributed by atoms with Crippen molar-refractivity contribution >= 4 is 42.6 Å². The molecule has 1 amide bonds. The minimum absolute atomic E-state index is 0.195. The Morgan fingerprint density at radius 3 is 2.66 bits per heavy atom. The predicted molar refractivity (Wildman–Crippen MR) is 149 cm³/mol. The molecule has 1 unspecified atom stereocenters. The first-order valence-corrected chi connectivity index (χ1v) is 15.0. The summed E-state index contributed by atoms with van der Waals surface area (Å²) < 4.78 is 34.6. The van der Waals surface area contributed by atoms with Crippen LogP contribution in [0.2, 0.25) is 0 Å². The van der Waals surface area contributed by atoms with Crippen molar-refractivity contribution in [3.63, 3.8) is 0 Å². The van der Waals surface area contributed by atoms with Crippen LogP contribution in [0.3, 0.4) is 0 Å². The topological polar surface area (TPSA) is 92.7 Å². The monoisotopic (exact) mass is 550 g/mol. The van der Waals surface area contributed by atoms with Crippen LogP contribution in [0.25, 0.3) is 10.2 Å². The number of nitrogens with zero attached hydrogens (tertiary/aromatic N) is 4. The molecule has 1 saturated heterocycles. The van der Waals surface area contributed by atoms with E-state index in [9.17, 15) is 13.2 Å². The van der Waals surface area contributed by atoms with Crippen molar-refractivity contribution in [3.05, 3.63) is 78.1 Å². The Balaban J connectivity index is 1.47. The minimum Gasteiger partial charge on any atom is -0.492 e. The van der Waals surface area contributed by atoms with E-state index in [-0.39, 0.29) is 17.3 Å². The molecule has 2 aromatic carbocycles. The first kappa shape index (κ1) is 26.3. The quantitative estimate of drug-likeness (QED) is 0.293. The summed E-state index contributed by atoms with van der Waals surface area (Å²) in [6.45, 7) is 5.75. The average molecular weight is 551 g/mol. The van der Waals surface area contributed by atoms with Gasteiger partial charge in [0, 0.05) is 24.8 Å². The molecular formula is C28H30N4O4S2. The van der Waals surface area contributed by atoms with Crippen LogP contribution in [0.15, 0.2) is 71.8 Å². The lowest BCUT2D eigenvalue weighted by Gasteiger charge is -2.30. The molecule has 198 valence electrons. The minimum atomic E-state index is -3.61. The highest BCUT2D eigenvalue weighted by Crippen LogP contribution is 2.35. The Kier molecular flexibility index (Phi) is 7.73. The summed E-state index contributed by atoms with van der Waals surface area (Å²) in [6, 6.07) is 17.5. The lowest BCUT2D eigenvalue weighted by molar-refractivity contribution is 0.0984. The Bertz CT molecular complexity index is 1520. The van der Waals surface area contributed by atoms with Gasteiger partial charge in [-0.2, -0.15) is 4.31 Å². The van der Waals surface area contributed by atoms with Crippen LogP contribution in [-0.2, 0) is 16.6 Å². The molecule has 1 aliphatic rings. The summed E-state index contributed by atoms with van der Waals surface area (Å²) >= 11 is 1.40. The maximum Gasteiger partial charge on any atom is 0.260 e. The molecule has 8 nitrogen and oxygen atoms in total. The maximum atomic E-state index is 13.8. The number of thiazole rings is 1. The largest absolute Gasteiger partial charge is 0.492 e. The molecule has 0 bridgehead atoms. The summed E-state index contributed by atoms with van der Waals surface area (Å²) in [5, 5.41) is 0.516. The Labute approximate surface area is 227 Å². The van der Waals surface area contributed by atoms with Gasteiger partial charge in [0.1, 0.15) is 11.3 Å². The molecule has 10 heteroatoms. The zero-order valence-corrected chi connectivity index (χ0v) is 23.0. The van der Waals surface area contributed by atoms with Gasteiger partial charge < -0.3 is 4.74 Å². The molecular weight excluding hydrogens is 520 g/mol. The third-order valence-corrected chi connectivity index (χ3v) is 9.47. The van der Waals surface area contributed by atoms with Gasteiger partial charge in [-0.3, -0.25) is 14.7 Å². The first-order chi connectivity index (χ1) is 18.4. The van der Waals surface area contributed by atoms with Gasteiger partial charge in [0.05, 0.1) is 28.4 Å². The molecule has 1 atom stereocenters. The van der Waals surface area contributed by atoms with E-state index < -0.39 is 10.0 Å². The van der Waals surface area contributed by atoms with Crippen molar-refractivity contribution in [1.82, 2.24) is 14.3 Å². The number of amides is 1. The van der Waals surface area contributed by atoms with Crippen LogP contribution < -0.4 is 9.64 Å². The van der Waals surface area contributed by atoms with E-state index in [1.165, 1.54) is 23.5 Å². The molecule has 0 radical (unpaired) electrons. The van der Waals surface area contributed by atoms with Crippen molar-refractivity contribution in [2.75, 3.05) is 24.6 Å². The number of ether oxygens (including phenoxy) is 1. The predicted octanol–water partition coefficient (Wildman–Crippen LogP) is 5.36. The number of pyridine rings is 1. The lowest BCUT2D eigenvalue weighted by Crippen LogP contribution is -2.39. The number of hydrogen-bond donors (Lipinski definition) is 0. The highest BCUT2D eigenvalue weighted by atomic mass is 32.2. The highest BCUT2D eigenvalue weighted by molar-refractivity contribution is 7.89. The van der Waals surface area contributed by atoms with Gasteiger partial charge >= 0.3 is 0 Å². The summed E-state index contributed by atoms with van der Waals surface area (Å²) in [5.41, 5.74) is 1.78. The second kappa shape index (κ2) is 11.2. The normalized spacial score (nSPS) is 16.4. The van der Waals surface area contributed by atoms with Crippen LogP contribution in [0, 0.1) is 5.92 Å². The number of benzene rings is 2. The number of hydrogen-bond acceptors (Lipinski definition) is 7. The average Bonchev–Trinajstić information content (AvgIpc) is 3.37. The molecule has 0 saturated carbocycles. The van der Waals surface area contributed by atoms with Crippen LogP contribution in [0.4, 0.5) is 5.13 Å². The second-order valence-electron chi connectivity index (χ2n) is 9.38. The van der Waals surface area contributed by atoms with E-state index in [2.05, 4.69) is 11.9 Å². The smallest absolute Gasteiger partial charge is 0.260 e. The SMILES string of the molecule is CCOc1cccc2sc(N(Cc3ccccn3)C(=O)c3ccc(S(=O)(=O)N4CCCC(C)C4)cc3)nc12. The third kappa shape index (κ3) is 5.43. The first-order valence-electron chi connectivity index (χ1n) is 12.7. The van der Waals surface area contributed by atoms with Gasteiger partial charge in [0.2, 0.25) is 10.0 Å². The van der Waals surface area contributed by atoms with Gasteiger partial charge in [-0.1, -0.05) is 30.4 Å². The number of piperidine rings is 1. The number of carbonyl (C=O) groups excluding carboxylic acids is 1. The molecule has 5 rings (SSSR count). The number of sulfonamides is 1. The lowest BCUT2D eigenvalue weighted by atomic mass is 10.0. The molecule has 38 heavy (non-hydrogen) atoms. The van der Waals surface area contributed by atoms with Crippen LogP contribution >= 0.6 is 11.3 Å². The van der Waals surface area contributed by atoms with Gasteiger partial charge in [-0.05, 0) is 74.2 Å². The van der Waals surface area contributed by atoms with E-state index in [0.717, 1.165) is 17.5 Å². The highest BCUT2D eigenvalue weighted by Gasteiger charge is 2.29. The molecule has 3 heterocycles. The fraction of sp³-hybridized carbons (Fsp3) is 0.321. The second-order valence-corrected chi connectivity index (χ2v) is 12.3. The van der Waals surface area contributed by atoms with Gasteiger partial charge in [0.25, 0.3) is 5.91 Å². The fourth-order valence-corrected chi connectivity index (χ4v) is 7.20. The number of aromatic nitrogens is 2. The van der Waals surface area contributed by atoms with Gasteiger partial charge in [-0.15, -0.1) is 0 Å². The number of rotatable bonds is 8. The van der Waals surface area contributed by atoms with Gasteiger partial charge in [0.15, 0.2) is 5.13 Å². The van der Waals surface area contributed by atoms with Crippen molar-refractivity contribution in [1.29, 1.82) is 0 Å². The van der Waals surface area contributed by atoms with E-state index in [1.54, 1.807) is 27.5 Å². The number of anilines is 1. The number of carbonyl (C=O) groups is 1. The third-order valence-electron chi connectivity index (χ3n) is 6.55. The van der Waals surface area contributed by atoms with Gasteiger partial charge in [-0.25, -0.2) is 13.4 Å². The van der Waals surface area contributed by atoms with E-state index in [0.29, 0.717) is 53.3 Å². The molecule has 0 spiro atoms. The molecule has 1 fully saturated rings. The van der Waals surface area contributed by atoms with E-state index >= 15 is 0 Å². The zero-order valence-electron chi connectivity index (χ0n) is 21.4. The van der Waals surface area contributed by atoms with Crippen LogP contribution in [-0.4, -0.2) is 48.3 Å². The van der Waals surface area contributed by atoms with E-state index in [4.69, 9.17) is 9.72 Å². The molecule has 4 aromatic rings. The molecule has 0 N–H and O–H groups in total. The number of fused-ring (bicyclic) bond motifs is 1. The van der Waals surface area contributed by atoms with Crippen molar-refractivity contribution in [2.45, 2.75) is 38.1 Å². The Morgan fingerprint density at radius 2 is 1.95 bits per heavy atom. The molecule has 1 aliphatic heterocycles. The zero-order chi connectivity index (χ0) is 26.7. The summed E-state index contributed by atoms with van der Waals surface area (Å²) in [4.78, 5) is 24.8. The standard InChI is InChI=1S/C28H30N4O4S2/c1-3-36-24-10-6-11-25-26(24)30-28(37-25)32(19-22-9-4-5-16-29-22)27(33)21-12-14-23(15-13-21)38(34,35)31-17-7-8-20(2)18-31/h4-6,9-16,20H,3,7-8,17-19H2,1-2H3. The van der Waals surface area contributed by atoms with E-state index in [1.807, 2.05) is 43.3 Å². The Morgan fingerprint density at radius 1 is 1.13 bits per heavy atom. The summed E-state index contributed by atoms with van der Waals surface area (Å²) in [5.74, 6) is 0.708. The molecule has 0 aliphatic carbocycles. The van der Waals surface area contributed by atoms with Crippen LogP contribution in [0.1, 0.15) is 42.7 Å². The van der Waals surface area contributed by atoms with Crippen LogP contribution in [0.5, 0.6) is 5.75 Å². The summed E-state index contributed by atoms with van der Waals surface area (Å²) in [6.07, 6.45) is 3.57. The fourth-order valence-electron chi connectivity index (χ4n) is 4.62. The van der Waals surface area contributed by atoms with Crippen molar-refractivity contribution in [2.24, 2.45) is 5.92 Å².